The van der Waals surface area contributed by atoms with E-state index in [9.17, 15) is 31.5 Å². The molecule has 0 saturated heterocycles. The van der Waals surface area contributed by atoms with Crippen molar-refractivity contribution in [1.29, 1.82) is 0 Å². The van der Waals surface area contributed by atoms with E-state index in [1.54, 1.807) is 0 Å². The van der Waals surface area contributed by atoms with Gasteiger partial charge in [-0.3, -0.25) is 9.59 Å². The van der Waals surface area contributed by atoms with E-state index < -0.39 is 53.2 Å². The third kappa shape index (κ3) is 7.15. The van der Waals surface area contributed by atoms with Gasteiger partial charge in [0.05, 0.1) is 6.61 Å². The Morgan fingerprint density at radius 3 is 1.81 bits per heavy atom. The molecule has 0 fully saturated rings. The summed E-state index contributed by atoms with van der Waals surface area (Å²) in [4.78, 5) is 23.0. The topological polar surface area (TPSA) is 52.6 Å². The summed E-state index contributed by atoms with van der Waals surface area (Å²) in [6.45, 7) is 2.34. The van der Waals surface area contributed by atoms with Crippen molar-refractivity contribution in [1.82, 2.24) is 0 Å². The minimum absolute atomic E-state index is 0.0527. The lowest BCUT2D eigenvalue weighted by Crippen LogP contribution is -2.14. The first-order valence-corrected chi connectivity index (χ1v) is 8.67. The number of unbranched alkanes of at least 4 members (excludes halogenated alkanes) is 4. The van der Waals surface area contributed by atoms with Gasteiger partial charge in [-0.25, -0.2) is 13.2 Å². The Morgan fingerprint density at radius 2 is 1.22 bits per heavy atom. The second-order valence-electron chi connectivity index (χ2n) is 5.86. The fourth-order valence-electron chi connectivity index (χ4n) is 2.18. The molecule has 0 spiro atoms. The third-order valence-corrected chi connectivity index (χ3v) is 3.66. The molecule has 0 aliphatic heterocycles. The van der Waals surface area contributed by atoms with E-state index in [1.807, 2.05) is 0 Å². The van der Waals surface area contributed by atoms with Crippen molar-refractivity contribution in [3.8, 4) is 5.75 Å². The summed E-state index contributed by atoms with van der Waals surface area (Å²) in [5.41, 5.74) is 0. The van der Waals surface area contributed by atoms with E-state index in [-0.39, 0.29) is 19.4 Å². The van der Waals surface area contributed by atoms with Gasteiger partial charge in [0.2, 0.25) is 34.8 Å². The monoisotopic (exact) mass is 396 g/mol. The molecule has 1 rings (SSSR count). The Kier molecular flexibility index (Phi) is 9.74. The maximum atomic E-state index is 13.4. The lowest BCUT2D eigenvalue weighted by atomic mass is 10.2. The Balaban J connectivity index is 2.37. The number of benzene rings is 1. The summed E-state index contributed by atoms with van der Waals surface area (Å²) >= 11 is 0. The zero-order valence-electron chi connectivity index (χ0n) is 14.9. The van der Waals surface area contributed by atoms with Crippen LogP contribution in [0.2, 0.25) is 0 Å². The molecule has 4 nitrogen and oxygen atoms in total. The van der Waals surface area contributed by atoms with Crippen molar-refractivity contribution < 1.29 is 41.0 Å². The number of ether oxygens (including phenoxy) is 2. The zero-order valence-corrected chi connectivity index (χ0v) is 14.9. The van der Waals surface area contributed by atoms with E-state index in [4.69, 9.17) is 4.74 Å². The number of hydrogen-bond acceptors (Lipinski definition) is 4. The molecule has 0 aliphatic rings. The van der Waals surface area contributed by atoms with Crippen LogP contribution >= 0.6 is 0 Å². The smallest absolute Gasteiger partial charge is 0.311 e. The summed E-state index contributed by atoms with van der Waals surface area (Å²) in [6.07, 6.45) is 4.29. The third-order valence-electron chi connectivity index (χ3n) is 3.66. The molecule has 27 heavy (non-hydrogen) atoms. The standard InChI is InChI=1S/C18H21F5O4/c1-2-3-4-5-6-10-26-11(24)8-7-9-12(25)27-18-16(22)14(20)13(19)15(21)17(18)23/h2-10H2,1H3. The first-order valence-electron chi connectivity index (χ1n) is 8.67. The number of esters is 2. The Bertz CT molecular complexity index is 635. The second-order valence-corrected chi connectivity index (χ2v) is 5.86. The highest BCUT2D eigenvalue weighted by Gasteiger charge is 2.28. The van der Waals surface area contributed by atoms with Gasteiger partial charge in [0, 0.05) is 12.8 Å². The molecule has 0 amide bonds. The number of carbonyl (C=O) groups excluding carboxylic acids is 2. The lowest BCUT2D eigenvalue weighted by molar-refractivity contribution is -0.144. The fourth-order valence-corrected chi connectivity index (χ4v) is 2.18. The maximum absolute atomic E-state index is 13.4. The quantitative estimate of drug-likeness (QED) is 0.132. The van der Waals surface area contributed by atoms with Crippen molar-refractivity contribution >= 4 is 11.9 Å². The van der Waals surface area contributed by atoms with E-state index in [1.165, 1.54) is 0 Å². The fraction of sp³-hybridized carbons (Fsp3) is 0.556. The van der Waals surface area contributed by atoms with E-state index in [0.29, 0.717) is 0 Å². The highest BCUT2D eigenvalue weighted by Crippen LogP contribution is 2.29. The summed E-state index contributed by atoms with van der Waals surface area (Å²) in [5.74, 6) is -14.7. The molecule has 0 atom stereocenters. The maximum Gasteiger partial charge on any atom is 0.311 e. The molecular formula is C18H21F5O4. The number of rotatable bonds is 11. The van der Waals surface area contributed by atoms with E-state index in [0.717, 1.165) is 32.1 Å². The predicted octanol–water partition coefficient (Wildman–Crippen LogP) is 4.97. The minimum atomic E-state index is -2.35. The van der Waals surface area contributed by atoms with Gasteiger partial charge in [-0.2, -0.15) is 8.78 Å². The van der Waals surface area contributed by atoms with Crippen LogP contribution in [-0.4, -0.2) is 18.5 Å². The van der Waals surface area contributed by atoms with Crippen LogP contribution in [-0.2, 0) is 14.3 Å². The molecule has 1 aromatic rings. The number of halogens is 5. The molecule has 0 bridgehead atoms. The summed E-state index contributed by atoms with van der Waals surface area (Å²) in [5, 5.41) is 0. The Labute approximate surface area is 153 Å². The van der Waals surface area contributed by atoms with Gasteiger partial charge in [-0.05, 0) is 12.8 Å². The van der Waals surface area contributed by atoms with Crippen LogP contribution in [0.1, 0.15) is 58.3 Å². The van der Waals surface area contributed by atoms with E-state index >= 15 is 0 Å². The van der Waals surface area contributed by atoms with Crippen LogP contribution < -0.4 is 4.74 Å². The normalized spacial score (nSPS) is 10.7. The van der Waals surface area contributed by atoms with Crippen molar-refractivity contribution in [2.75, 3.05) is 6.61 Å². The van der Waals surface area contributed by atoms with E-state index in [2.05, 4.69) is 11.7 Å². The summed E-state index contributed by atoms with van der Waals surface area (Å²) in [7, 11) is 0. The van der Waals surface area contributed by atoms with Crippen LogP contribution in [0.15, 0.2) is 0 Å². The van der Waals surface area contributed by atoms with Crippen molar-refractivity contribution in [3.63, 3.8) is 0 Å². The van der Waals surface area contributed by atoms with Gasteiger partial charge in [0.15, 0.2) is 0 Å². The first kappa shape index (κ1) is 22.9. The molecule has 0 saturated carbocycles. The zero-order chi connectivity index (χ0) is 20.4. The number of hydrogen-bond donors (Lipinski definition) is 0. The Morgan fingerprint density at radius 1 is 0.704 bits per heavy atom. The van der Waals surface area contributed by atoms with Crippen LogP contribution in [0.5, 0.6) is 5.75 Å². The van der Waals surface area contributed by atoms with Crippen LogP contribution in [0.4, 0.5) is 22.0 Å². The molecule has 1 aromatic carbocycles. The molecule has 0 unspecified atom stereocenters. The van der Waals surface area contributed by atoms with Crippen molar-refractivity contribution in [2.24, 2.45) is 0 Å². The van der Waals surface area contributed by atoms with Gasteiger partial charge >= 0.3 is 11.9 Å². The minimum Gasteiger partial charge on any atom is -0.466 e. The summed E-state index contributed by atoms with van der Waals surface area (Å²) < 4.78 is 74.9. The molecule has 152 valence electrons. The van der Waals surface area contributed by atoms with Gasteiger partial charge in [-0.15, -0.1) is 0 Å². The number of carbonyl (C=O) groups is 2. The average molecular weight is 396 g/mol. The van der Waals surface area contributed by atoms with Gasteiger partial charge in [-0.1, -0.05) is 32.6 Å². The van der Waals surface area contributed by atoms with Crippen molar-refractivity contribution in [3.05, 3.63) is 29.1 Å². The second kappa shape index (κ2) is 11.5. The van der Waals surface area contributed by atoms with Gasteiger partial charge in [0.1, 0.15) is 0 Å². The van der Waals surface area contributed by atoms with Crippen molar-refractivity contribution in [2.45, 2.75) is 58.3 Å². The lowest BCUT2D eigenvalue weighted by Gasteiger charge is -2.09. The molecule has 0 aliphatic carbocycles. The Hall–Kier alpha value is -2.19. The summed E-state index contributed by atoms with van der Waals surface area (Å²) in [6, 6.07) is 0. The highest BCUT2D eigenvalue weighted by molar-refractivity contribution is 5.74. The molecular weight excluding hydrogens is 375 g/mol. The predicted molar refractivity (Wildman–Crippen MR) is 85.4 cm³/mol. The first-order chi connectivity index (χ1) is 12.8. The van der Waals surface area contributed by atoms with Gasteiger partial charge < -0.3 is 9.47 Å². The molecule has 0 aromatic heterocycles. The molecule has 0 radical (unpaired) electrons. The highest BCUT2D eigenvalue weighted by atomic mass is 19.2. The van der Waals surface area contributed by atoms with Crippen LogP contribution in [0.3, 0.4) is 0 Å². The SMILES string of the molecule is CCCCCCCOC(=O)CCCC(=O)Oc1c(F)c(F)c(F)c(F)c1F. The molecule has 0 N–H and O–H groups in total. The largest absolute Gasteiger partial charge is 0.466 e. The van der Waals surface area contributed by atoms with Gasteiger partial charge in [0.25, 0.3) is 0 Å². The van der Waals surface area contributed by atoms with Crippen LogP contribution in [0, 0.1) is 29.1 Å². The van der Waals surface area contributed by atoms with Crippen LogP contribution in [0.25, 0.3) is 0 Å². The average Bonchev–Trinajstić information content (AvgIpc) is 2.64. The molecule has 0 heterocycles. The molecule has 9 heteroatoms.